The number of hydrogen-bond acceptors (Lipinski definition) is 4. The molecular weight excluding hydrogens is 307 g/mol. The molecule has 0 aromatic heterocycles. The average molecular weight is 324 g/mol. The molecule has 0 bridgehead atoms. The average Bonchev–Trinajstić information content (AvgIpc) is 2.99. The number of unbranched alkanes of at least 4 members (excludes halogenated alkanes) is 1. The van der Waals surface area contributed by atoms with E-state index < -0.39 is 0 Å². The van der Waals surface area contributed by atoms with Gasteiger partial charge >= 0.3 is 5.97 Å². The highest BCUT2D eigenvalue weighted by Crippen LogP contribution is 2.48. The number of benzene rings is 1. The summed E-state index contributed by atoms with van der Waals surface area (Å²) in [5.74, 6) is -0.631. The Kier molecular flexibility index (Phi) is 6.39. The summed E-state index contributed by atoms with van der Waals surface area (Å²) in [5.41, 5.74) is 1.34. The normalized spacial score (nSPS) is 15.0. The second kappa shape index (κ2) is 8.29. The minimum absolute atomic E-state index is 0.00182. The first-order chi connectivity index (χ1) is 10.2. The van der Waals surface area contributed by atoms with Crippen LogP contribution in [0.25, 0.3) is 6.08 Å². The lowest BCUT2D eigenvalue weighted by Gasteiger charge is -2.13. The molecular formula is C16H17FO2S2. The molecule has 5 heteroatoms. The number of hydrogen-bond donors (Lipinski definition) is 0. The highest BCUT2D eigenvalue weighted by Gasteiger charge is 2.20. The maximum absolute atomic E-state index is 14.1. The van der Waals surface area contributed by atoms with Gasteiger partial charge in [0.1, 0.15) is 5.82 Å². The van der Waals surface area contributed by atoms with Gasteiger partial charge < -0.3 is 4.74 Å². The van der Waals surface area contributed by atoms with Crippen molar-refractivity contribution in [1.29, 1.82) is 0 Å². The Labute approximate surface area is 132 Å². The van der Waals surface area contributed by atoms with Crippen LogP contribution in [0.1, 0.15) is 35.5 Å². The van der Waals surface area contributed by atoms with Crippen LogP contribution in [-0.2, 0) is 9.53 Å². The van der Waals surface area contributed by atoms with Gasteiger partial charge in [0.05, 0.1) is 11.2 Å². The Hall–Kier alpha value is -1.20. The SMILES string of the molecule is CCCCOC(=O)/C=C/c1cccc(F)c1C1SC=CS1. The number of carbonyl (C=O) groups is 1. The van der Waals surface area contributed by atoms with Crippen LogP contribution in [0.3, 0.4) is 0 Å². The predicted octanol–water partition coefficient (Wildman–Crippen LogP) is 5.13. The summed E-state index contributed by atoms with van der Waals surface area (Å²) in [6.07, 6.45) is 4.83. The summed E-state index contributed by atoms with van der Waals surface area (Å²) < 4.78 is 19.1. The molecule has 2 nitrogen and oxygen atoms in total. The van der Waals surface area contributed by atoms with Crippen molar-refractivity contribution in [1.82, 2.24) is 0 Å². The maximum Gasteiger partial charge on any atom is 0.330 e. The maximum atomic E-state index is 14.1. The van der Waals surface area contributed by atoms with Gasteiger partial charge in [0.2, 0.25) is 0 Å². The van der Waals surface area contributed by atoms with Gasteiger partial charge in [-0.25, -0.2) is 9.18 Å². The molecule has 1 aromatic rings. The first-order valence-corrected chi connectivity index (χ1v) is 8.70. The van der Waals surface area contributed by atoms with Crippen molar-refractivity contribution >= 4 is 35.6 Å². The van der Waals surface area contributed by atoms with Crippen LogP contribution >= 0.6 is 23.5 Å². The minimum Gasteiger partial charge on any atom is -0.463 e. The van der Waals surface area contributed by atoms with Crippen LogP contribution in [-0.4, -0.2) is 12.6 Å². The van der Waals surface area contributed by atoms with Gasteiger partial charge in [0.15, 0.2) is 0 Å². The van der Waals surface area contributed by atoms with Crippen molar-refractivity contribution < 1.29 is 13.9 Å². The van der Waals surface area contributed by atoms with E-state index in [0.29, 0.717) is 12.2 Å². The van der Waals surface area contributed by atoms with Crippen molar-refractivity contribution in [2.45, 2.75) is 24.3 Å². The summed E-state index contributed by atoms with van der Waals surface area (Å²) in [6, 6.07) is 4.91. The van der Waals surface area contributed by atoms with Gasteiger partial charge in [-0.15, -0.1) is 23.5 Å². The third kappa shape index (κ3) is 4.64. The zero-order valence-electron chi connectivity index (χ0n) is 11.8. The van der Waals surface area contributed by atoms with E-state index in [9.17, 15) is 9.18 Å². The second-order valence-corrected chi connectivity index (χ2v) is 6.80. The van der Waals surface area contributed by atoms with Gasteiger partial charge in [0, 0.05) is 11.6 Å². The summed E-state index contributed by atoms with van der Waals surface area (Å²) in [4.78, 5) is 11.6. The number of carbonyl (C=O) groups excluding carboxylic acids is 1. The van der Waals surface area contributed by atoms with E-state index in [0.717, 1.165) is 18.4 Å². The number of ether oxygens (including phenoxy) is 1. The summed E-state index contributed by atoms with van der Waals surface area (Å²) >= 11 is 3.13. The largest absolute Gasteiger partial charge is 0.463 e. The zero-order valence-corrected chi connectivity index (χ0v) is 13.4. The van der Waals surface area contributed by atoms with E-state index in [4.69, 9.17) is 4.74 Å². The Bertz CT molecular complexity index is 547. The molecule has 0 saturated carbocycles. The van der Waals surface area contributed by atoms with Crippen LogP contribution in [0.2, 0.25) is 0 Å². The van der Waals surface area contributed by atoms with Crippen LogP contribution in [0, 0.1) is 5.82 Å². The monoisotopic (exact) mass is 324 g/mol. The lowest BCUT2D eigenvalue weighted by atomic mass is 10.1. The first kappa shape index (κ1) is 16.2. The summed E-state index contributed by atoms with van der Waals surface area (Å²) in [5, 5.41) is 3.91. The third-order valence-electron chi connectivity index (χ3n) is 2.92. The molecule has 0 unspecified atom stereocenters. The molecule has 0 aliphatic carbocycles. The molecule has 0 atom stereocenters. The predicted molar refractivity (Wildman–Crippen MR) is 88.4 cm³/mol. The van der Waals surface area contributed by atoms with Crippen LogP contribution in [0.5, 0.6) is 0 Å². The minimum atomic E-state index is -0.386. The fraction of sp³-hybridized carbons (Fsp3) is 0.312. The molecule has 1 heterocycles. The van der Waals surface area contributed by atoms with E-state index in [-0.39, 0.29) is 16.4 Å². The Balaban J connectivity index is 2.09. The lowest BCUT2D eigenvalue weighted by molar-refractivity contribution is -0.137. The van der Waals surface area contributed by atoms with Gasteiger partial charge in [-0.05, 0) is 34.9 Å². The lowest BCUT2D eigenvalue weighted by Crippen LogP contribution is -2.02. The molecule has 2 rings (SSSR count). The Morgan fingerprint density at radius 2 is 2.14 bits per heavy atom. The van der Waals surface area contributed by atoms with E-state index in [1.165, 1.54) is 12.1 Å². The van der Waals surface area contributed by atoms with E-state index >= 15 is 0 Å². The summed E-state index contributed by atoms with van der Waals surface area (Å²) in [7, 11) is 0. The van der Waals surface area contributed by atoms with Crippen molar-refractivity contribution in [2.75, 3.05) is 6.61 Å². The molecule has 0 amide bonds. The highest BCUT2D eigenvalue weighted by molar-refractivity contribution is 8.21. The molecule has 0 N–H and O–H groups in total. The van der Waals surface area contributed by atoms with E-state index in [1.54, 1.807) is 35.7 Å². The van der Waals surface area contributed by atoms with E-state index in [2.05, 4.69) is 0 Å². The van der Waals surface area contributed by atoms with Crippen molar-refractivity contribution in [3.05, 3.63) is 52.0 Å². The van der Waals surface area contributed by atoms with Gasteiger partial charge in [-0.1, -0.05) is 25.5 Å². The van der Waals surface area contributed by atoms with Crippen molar-refractivity contribution in [3.63, 3.8) is 0 Å². The van der Waals surface area contributed by atoms with Crippen molar-refractivity contribution in [3.8, 4) is 0 Å². The fourth-order valence-electron chi connectivity index (χ4n) is 1.85. The molecule has 1 aliphatic heterocycles. The highest BCUT2D eigenvalue weighted by atomic mass is 32.2. The number of esters is 1. The molecule has 112 valence electrons. The number of halogens is 1. The van der Waals surface area contributed by atoms with Gasteiger partial charge in [-0.3, -0.25) is 0 Å². The molecule has 0 saturated heterocycles. The quantitative estimate of drug-likeness (QED) is 0.411. The smallest absolute Gasteiger partial charge is 0.330 e. The third-order valence-corrected chi connectivity index (χ3v) is 5.31. The molecule has 0 radical (unpaired) electrons. The standard InChI is InChI=1S/C16H17FO2S2/c1-2-3-9-19-14(18)8-7-12-5-4-6-13(17)15(12)16-20-10-11-21-16/h4-8,10-11,16H,2-3,9H2,1H3/b8-7+. The topological polar surface area (TPSA) is 26.3 Å². The molecule has 1 aromatic carbocycles. The molecule has 21 heavy (non-hydrogen) atoms. The Morgan fingerprint density at radius 1 is 1.38 bits per heavy atom. The van der Waals surface area contributed by atoms with E-state index in [1.807, 2.05) is 23.8 Å². The van der Waals surface area contributed by atoms with Crippen LogP contribution < -0.4 is 0 Å². The Morgan fingerprint density at radius 3 is 2.86 bits per heavy atom. The molecule has 0 spiro atoms. The second-order valence-electron chi connectivity index (χ2n) is 4.47. The fourth-order valence-corrected chi connectivity index (χ4v) is 4.06. The summed E-state index contributed by atoms with van der Waals surface area (Å²) in [6.45, 7) is 2.46. The molecule has 1 aliphatic rings. The number of rotatable bonds is 6. The molecule has 0 fully saturated rings. The first-order valence-electron chi connectivity index (χ1n) is 6.81. The zero-order chi connectivity index (χ0) is 15.1. The number of thioether (sulfide) groups is 2. The van der Waals surface area contributed by atoms with Crippen LogP contribution in [0.4, 0.5) is 4.39 Å². The van der Waals surface area contributed by atoms with Gasteiger partial charge in [-0.2, -0.15) is 0 Å². The van der Waals surface area contributed by atoms with Crippen molar-refractivity contribution in [2.24, 2.45) is 0 Å². The van der Waals surface area contributed by atoms with Gasteiger partial charge in [0.25, 0.3) is 0 Å². The van der Waals surface area contributed by atoms with Crippen LogP contribution in [0.15, 0.2) is 35.1 Å².